The van der Waals surface area contributed by atoms with E-state index < -0.39 is 0 Å². The summed E-state index contributed by atoms with van der Waals surface area (Å²) < 4.78 is 51.6. The van der Waals surface area contributed by atoms with Crippen LogP contribution < -0.4 is 53.2 Å². The first-order valence-electron chi connectivity index (χ1n) is 53.6. The van der Waals surface area contributed by atoms with Gasteiger partial charge in [0.2, 0.25) is 0 Å². The molecule has 5 fully saturated rings. The normalized spacial score (nSPS) is 14.5. The third-order valence-corrected chi connectivity index (χ3v) is 28.1. The molecule has 6 aromatic heterocycles. The van der Waals surface area contributed by atoms with Crippen molar-refractivity contribution in [1.82, 2.24) is 54.4 Å². The van der Waals surface area contributed by atoms with Crippen LogP contribution in [-0.4, -0.2) is 157 Å². The maximum atomic E-state index is 13.0. The Hall–Kier alpha value is -13.6. The van der Waals surface area contributed by atoms with Crippen molar-refractivity contribution in [2.24, 2.45) is 0 Å². The standard InChI is InChI=1S/C26H31N3O.C25H28ClN3O.C25H28FN3O.C25H30N4O.C25H29N3O/c1-3-29-25(5-4-14-27-23-9-6-20(2)7-10-23)18-22-17-21(8-11-26(22)29)19-28-24-12-15-30-16-13-24;2*1-2-29-24(4-3-13-27-22-8-6-21(26)7-9-22)17-20-16-19(5-10-25(20)29)18-28-23-11-14-30-15-12-23;1-3-29-24(5-4-11-27-23-8-12-26-19(2)15-23)17-21-16-20(6-7-25(21)29)18-28-22-9-13-30-14-10-22;1-2-28-24(9-6-14-26-22-7-4-3-5-8-22)18-21-17-20(10-11-25(21)28)19-27-23-12-15-29-16-13-23/h6-11,17-18,24,27-28H,3,12-16,19H2,1-2H3;2*5-10,16-17,23,27-28H,2,11-15,18H2,1H3;6-8,12,15-17,22,28H,3,9-11,13-14,18H2,1-2H3,(H,26,27);3-5,7-8,10-11,17-18,23,26-27H,2,12-16,19H2,1H3. The van der Waals surface area contributed by atoms with Gasteiger partial charge in [-0.1, -0.05) is 107 Å². The molecule has 15 aromatic rings. The highest BCUT2D eigenvalue weighted by molar-refractivity contribution is 6.30. The topological polar surface area (TPSA) is 204 Å². The Morgan fingerprint density at radius 1 is 0.289 bits per heavy atom. The smallest absolute Gasteiger partial charge is 0.123 e. The van der Waals surface area contributed by atoms with Crippen molar-refractivity contribution >= 4 is 94.6 Å². The fraction of sp³-hybridized carbons (Fsp3) is 0.373. The van der Waals surface area contributed by atoms with Gasteiger partial charge in [0.25, 0.3) is 0 Å². The van der Waals surface area contributed by atoms with Crippen LogP contribution in [0.2, 0.25) is 5.02 Å². The van der Waals surface area contributed by atoms with E-state index in [4.69, 9.17) is 35.3 Å². The summed E-state index contributed by atoms with van der Waals surface area (Å²) in [7, 11) is 0. The molecule has 9 aromatic carbocycles. The van der Waals surface area contributed by atoms with Gasteiger partial charge in [-0.15, -0.1) is 0 Å². The van der Waals surface area contributed by atoms with E-state index in [2.05, 4.69) is 339 Å². The zero-order valence-electron chi connectivity index (χ0n) is 87.7. The highest BCUT2D eigenvalue weighted by atomic mass is 35.5. The third-order valence-electron chi connectivity index (χ3n) is 27.9. The first-order chi connectivity index (χ1) is 73.2. The van der Waals surface area contributed by atoms with Crippen LogP contribution in [0.1, 0.15) is 166 Å². The molecule has 11 heterocycles. The second-order valence-electron chi connectivity index (χ2n) is 38.4. The van der Waals surface area contributed by atoms with E-state index in [0.717, 1.165) is 263 Å². The Morgan fingerprint density at radius 3 is 0.799 bits per heavy atom. The number of aryl methyl sites for hydroxylation is 7. The Morgan fingerprint density at radius 2 is 0.537 bits per heavy atom. The second kappa shape index (κ2) is 57.3. The second-order valence-corrected chi connectivity index (χ2v) is 38.8. The fourth-order valence-corrected chi connectivity index (χ4v) is 19.7. The molecular weight excluding hydrogens is 1870 g/mol. The number of para-hydroxylation sites is 1. The molecule has 0 aliphatic carbocycles. The van der Waals surface area contributed by atoms with Crippen molar-refractivity contribution in [1.29, 1.82) is 0 Å². The van der Waals surface area contributed by atoms with E-state index in [9.17, 15) is 4.39 Å². The van der Waals surface area contributed by atoms with E-state index in [-0.39, 0.29) is 5.82 Å². The summed E-state index contributed by atoms with van der Waals surface area (Å²) in [6, 6.07) is 84.0. The van der Waals surface area contributed by atoms with Gasteiger partial charge in [0.05, 0.1) is 61.2 Å². The molecule has 0 amide bonds. The molecule has 20 rings (SSSR count). The van der Waals surface area contributed by atoms with Crippen LogP contribution in [-0.2, 0) is 89.1 Å². The zero-order valence-corrected chi connectivity index (χ0v) is 88.5. The molecule has 5 saturated heterocycles. The van der Waals surface area contributed by atoms with Crippen molar-refractivity contribution in [2.75, 3.05) is 125 Å². The Labute approximate surface area is 885 Å². The van der Waals surface area contributed by atoms with Crippen LogP contribution in [0.3, 0.4) is 0 Å². The average molecular weight is 2020 g/mol. The van der Waals surface area contributed by atoms with Gasteiger partial charge in [-0.2, -0.15) is 0 Å². The number of ether oxygens (including phenoxy) is 5. The molecule has 10 N–H and O–H groups in total. The number of halogens is 2. The van der Waals surface area contributed by atoms with Crippen molar-refractivity contribution in [3.63, 3.8) is 0 Å². The summed E-state index contributed by atoms with van der Waals surface area (Å²) in [5, 5.41) is 41.9. The minimum Gasteiger partial charge on any atom is -0.381 e. The molecule has 5 aliphatic heterocycles. The maximum absolute atomic E-state index is 13.0. The largest absolute Gasteiger partial charge is 0.381 e. The Kier molecular flexibility index (Phi) is 41.6. The van der Waals surface area contributed by atoms with Crippen LogP contribution in [0.15, 0.2) is 243 Å². The number of nitrogens with one attached hydrogen (secondary N) is 10. The van der Waals surface area contributed by atoms with Gasteiger partial charge < -0.3 is 99.7 Å². The number of anilines is 5. The van der Waals surface area contributed by atoms with Crippen LogP contribution in [0.5, 0.6) is 0 Å². The lowest BCUT2D eigenvalue weighted by Gasteiger charge is -2.23. The first-order valence-corrected chi connectivity index (χ1v) is 54.0. The molecule has 0 spiro atoms. The van der Waals surface area contributed by atoms with Crippen molar-refractivity contribution in [2.45, 2.75) is 208 Å². The number of nitrogens with zero attached hydrogens (tertiary/aromatic N) is 6. The van der Waals surface area contributed by atoms with Gasteiger partial charge in [-0.25, -0.2) is 4.39 Å². The monoisotopic (exact) mass is 2020 g/mol. The van der Waals surface area contributed by atoms with Crippen molar-refractivity contribution in [3.8, 4) is 59.2 Å². The molecular formula is C126H146ClFN16O5. The molecule has 149 heavy (non-hydrogen) atoms. The minimum absolute atomic E-state index is 0.235. The molecule has 0 unspecified atom stereocenters. The summed E-state index contributed by atoms with van der Waals surface area (Å²) in [6.45, 7) is 35.5. The highest BCUT2D eigenvalue weighted by Crippen LogP contribution is 2.30. The number of hydrogen-bond donors (Lipinski definition) is 10. The lowest BCUT2D eigenvalue weighted by molar-refractivity contribution is 0.0775. The van der Waals surface area contributed by atoms with E-state index in [1.807, 2.05) is 67.7 Å². The SMILES string of the molecule is CCn1c(C#CCNc2ccc(C)cc2)cc2cc(CNC3CCOCC3)ccc21.CCn1c(C#CCNc2ccc(Cl)cc2)cc2cc(CNC3CCOCC3)ccc21.CCn1c(C#CCNc2ccc(F)cc2)cc2cc(CNC3CCOCC3)ccc21.CCn1c(C#CCNc2ccccc2)cc2cc(CNC3CCOCC3)ccc21.CCn1c(C#CCNc2ccnc(C)c2)cc2cc(CNC3CCOCC3)ccc21. The van der Waals surface area contributed by atoms with Gasteiger partial charge >= 0.3 is 0 Å². The summed E-state index contributed by atoms with van der Waals surface area (Å²) in [5.41, 5.74) is 25.5. The molecule has 0 atom stereocenters. The summed E-state index contributed by atoms with van der Waals surface area (Å²) >= 11 is 5.93. The van der Waals surface area contributed by atoms with E-state index in [1.165, 1.54) is 100 Å². The molecule has 0 radical (unpaired) electrons. The summed E-state index contributed by atoms with van der Waals surface area (Å²) in [4.78, 5) is 4.22. The van der Waals surface area contributed by atoms with Gasteiger partial charge in [0, 0.05) is 262 Å². The number of aromatic nitrogens is 6. The molecule has 774 valence electrons. The number of pyridine rings is 1. The van der Waals surface area contributed by atoms with E-state index in [1.54, 1.807) is 12.1 Å². The summed E-state index contributed by atoms with van der Waals surface area (Å²) in [5.74, 6) is 32.7. The fourth-order valence-electron chi connectivity index (χ4n) is 19.6. The number of benzene rings is 9. The number of fused-ring (bicyclic) bond motifs is 5. The van der Waals surface area contributed by atoms with Crippen molar-refractivity contribution < 1.29 is 28.1 Å². The van der Waals surface area contributed by atoms with Crippen molar-refractivity contribution in [3.05, 3.63) is 321 Å². The zero-order chi connectivity index (χ0) is 103. The predicted octanol–water partition coefficient (Wildman–Crippen LogP) is 22.8. The maximum Gasteiger partial charge on any atom is 0.123 e. The predicted molar refractivity (Wildman–Crippen MR) is 613 cm³/mol. The lowest BCUT2D eigenvalue weighted by Crippen LogP contribution is -2.34. The van der Waals surface area contributed by atoms with Crippen LogP contribution >= 0.6 is 11.6 Å². The summed E-state index contributed by atoms with van der Waals surface area (Å²) in [6.07, 6.45) is 12.8. The highest BCUT2D eigenvalue weighted by Gasteiger charge is 2.21. The van der Waals surface area contributed by atoms with Crippen LogP contribution in [0.25, 0.3) is 54.5 Å². The molecule has 5 aliphatic rings. The molecule has 23 heteroatoms. The van der Waals surface area contributed by atoms with E-state index in [0.29, 0.717) is 62.9 Å². The first kappa shape index (κ1) is 108. The minimum atomic E-state index is -0.235. The van der Waals surface area contributed by atoms with Gasteiger partial charge in [-0.05, 0) is 346 Å². The Balaban J connectivity index is 0.000000133. The average Bonchev–Trinajstić information content (AvgIpc) is 1.67. The lowest BCUT2D eigenvalue weighted by atomic mass is 10.1. The molecule has 0 saturated carbocycles. The number of hydrogen-bond acceptors (Lipinski definition) is 16. The third kappa shape index (κ3) is 32.5. The van der Waals surface area contributed by atoms with Crippen LogP contribution in [0, 0.1) is 78.9 Å². The molecule has 0 bridgehead atoms. The molecule has 21 nitrogen and oxygen atoms in total. The van der Waals surface area contributed by atoms with Crippen LogP contribution in [0.4, 0.5) is 32.8 Å². The van der Waals surface area contributed by atoms with E-state index >= 15 is 0 Å². The Bertz CT molecular complexity index is 6730. The van der Waals surface area contributed by atoms with Gasteiger partial charge in [0.15, 0.2) is 0 Å². The van der Waals surface area contributed by atoms with Gasteiger partial charge in [0.1, 0.15) is 5.82 Å². The number of rotatable bonds is 30. The van der Waals surface area contributed by atoms with Gasteiger partial charge in [-0.3, -0.25) is 4.98 Å². The quantitative estimate of drug-likeness (QED) is 0.0190.